The second kappa shape index (κ2) is 5.95. The third-order valence-corrected chi connectivity index (χ3v) is 4.67. The molecule has 1 N–H and O–H groups in total. The smallest absolute Gasteiger partial charge is 0.203 e. The van der Waals surface area contributed by atoms with Crippen LogP contribution >= 0.6 is 0 Å². The van der Waals surface area contributed by atoms with Crippen molar-refractivity contribution < 1.29 is 0 Å². The lowest BCUT2D eigenvalue weighted by atomic mass is 9.95. The van der Waals surface area contributed by atoms with Gasteiger partial charge in [0.05, 0.1) is 0 Å². The van der Waals surface area contributed by atoms with Crippen molar-refractivity contribution in [2.45, 2.75) is 44.6 Å². The van der Waals surface area contributed by atoms with Crippen LogP contribution in [0.5, 0.6) is 0 Å². The average Bonchev–Trinajstić information content (AvgIpc) is 3.06. The summed E-state index contributed by atoms with van der Waals surface area (Å²) in [7, 11) is 2.21. The average molecular weight is 262 g/mol. The summed E-state index contributed by atoms with van der Waals surface area (Å²) in [6, 6.07) is 0.671. The van der Waals surface area contributed by atoms with Crippen LogP contribution in [0.15, 0.2) is 12.4 Å². The van der Waals surface area contributed by atoms with Crippen molar-refractivity contribution in [1.82, 2.24) is 14.5 Å². The van der Waals surface area contributed by atoms with Gasteiger partial charge in [-0.05, 0) is 38.8 Å². The van der Waals surface area contributed by atoms with Crippen LogP contribution in [-0.2, 0) is 0 Å². The first-order valence-electron chi connectivity index (χ1n) is 7.78. The number of hydrogen-bond donors (Lipinski definition) is 1. The van der Waals surface area contributed by atoms with Crippen molar-refractivity contribution in [2.24, 2.45) is 5.92 Å². The van der Waals surface area contributed by atoms with E-state index in [1.807, 2.05) is 6.20 Å². The first kappa shape index (κ1) is 13.0. The van der Waals surface area contributed by atoms with Gasteiger partial charge in [0.15, 0.2) is 0 Å². The molecule has 1 aromatic rings. The van der Waals surface area contributed by atoms with E-state index in [-0.39, 0.29) is 0 Å². The normalized spacial score (nSPS) is 25.8. The van der Waals surface area contributed by atoms with Gasteiger partial charge >= 0.3 is 0 Å². The summed E-state index contributed by atoms with van der Waals surface area (Å²) in [6.07, 6.45) is 12.2. The van der Waals surface area contributed by atoms with Gasteiger partial charge in [-0.1, -0.05) is 19.3 Å². The van der Waals surface area contributed by atoms with E-state index >= 15 is 0 Å². The van der Waals surface area contributed by atoms with Crippen molar-refractivity contribution in [1.29, 1.82) is 0 Å². The second-order valence-corrected chi connectivity index (χ2v) is 6.25. The number of imidazole rings is 1. The lowest BCUT2D eigenvalue weighted by Gasteiger charge is -2.25. The highest BCUT2D eigenvalue weighted by molar-refractivity contribution is 5.27. The molecular formula is C15H26N4. The van der Waals surface area contributed by atoms with Gasteiger partial charge in [-0.25, -0.2) is 4.98 Å². The van der Waals surface area contributed by atoms with E-state index in [1.54, 1.807) is 0 Å². The number of rotatable bonds is 4. The quantitative estimate of drug-likeness (QED) is 0.905. The van der Waals surface area contributed by atoms with Crippen LogP contribution in [0.25, 0.3) is 0 Å². The van der Waals surface area contributed by atoms with Gasteiger partial charge in [-0.3, -0.25) is 0 Å². The second-order valence-electron chi connectivity index (χ2n) is 6.25. The lowest BCUT2D eigenvalue weighted by molar-refractivity contribution is 0.355. The predicted molar refractivity (Wildman–Crippen MR) is 78.4 cm³/mol. The van der Waals surface area contributed by atoms with Gasteiger partial charge in [-0.2, -0.15) is 0 Å². The summed E-state index contributed by atoms with van der Waals surface area (Å²) >= 11 is 0. The Kier molecular flexibility index (Phi) is 4.06. The molecule has 1 aromatic heterocycles. The summed E-state index contributed by atoms with van der Waals surface area (Å²) in [5, 5.41) is 3.58. The third kappa shape index (κ3) is 3.11. The standard InChI is InChI=1S/C15H26N4/c1-18-9-7-13(12-18)11-17-15-16-8-10-19(15)14-5-3-2-4-6-14/h8,10,13-14H,2-7,9,11-12H2,1H3,(H,16,17). The Labute approximate surface area is 116 Å². The Morgan fingerprint density at radius 2 is 2.11 bits per heavy atom. The van der Waals surface area contributed by atoms with Crippen molar-refractivity contribution >= 4 is 5.95 Å². The SMILES string of the molecule is CN1CCC(CNc2nccn2C2CCCCC2)C1. The fourth-order valence-electron chi connectivity index (χ4n) is 3.53. The number of nitrogens with zero attached hydrogens (tertiary/aromatic N) is 3. The van der Waals surface area contributed by atoms with Gasteiger partial charge in [0, 0.05) is 31.5 Å². The molecule has 2 aliphatic rings. The minimum atomic E-state index is 0.671. The highest BCUT2D eigenvalue weighted by atomic mass is 15.2. The molecule has 1 aliphatic carbocycles. The molecule has 0 radical (unpaired) electrons. The first-order chi connectivity index (χ1) is 9.33. The Balaban J connectivity index is 1.57. The Hall–Kier alpha value is -1.03. The summed E-state index contributed by atoms with van der Waals surface area (Å²) < 4.78 is 2.37. The number of aromatic nitrogens is 2. The Morgan fingerprint density at radius 1 is 1.26 bits per heavy atom. The lowest BCUT2D eigenvalue weighted by Crippen LogP contribution is -2.21. The van der Waals surface area contributed by atoms with Crippen molar-refractivity contribution in [2.75, 3.05) is 32.0 Å². The zero-order valence-electron chi connectivity index (χ0n) is 12.0. The molecule has 4 nitrogen and oxygen atoms in total. The van der Waals surface area contributed by atoms with Crippen molar-refractivity contribution in [3.63, 3.8) is 0 Å². The Morgan fingerprint density at radius 3 is 2.84 bits per heavy atom. The van der Waals surface area contributed by atoms with E-state index in [9.17, 15) is 0 Å². The molecule has 1 saturated carbocycles. The van der Waals surface area contributed by atoms with E-state index in [0.29, 0.717) is 6.04 Å². The molecule has 0 amide bonds. The summed E-state index contributed by atoms with van der Waals surface area (Å²) in [5.41, 5.74) is 0. The molecule has 1 unspecified atom stereocenters. The maximum atomic E-state index is 4.51. The zero-order valence-corrected chi connectivity index (χ0v) is 12.0. The summed E-state index contributed by atoms with van der Waals surface area (Å²) in [4.78, 5) is 6.93. The van der Waals surface area contributed by atoms with Crippen LogP contribution in [-0.4, -0.2) is 41.1 Å². The van der Waals surface area contributed by atoms with E-state index < -0.39 is 0 Å². The molecule has 0 spiro atoms. The number of anilines is 1. The molecule has 1 saturated heterocycles. The molecule has 4 heteroatoms. The number of hydrogen-bond acceptors (Lipinski definition) is 3. The summed E-state index contributed by atoms with van der Waals surface area (Å²) in [5.74, 6) is 1.86. The maximum absolute atomic E-state index is 4.51. The van der Waals surface area contributed by atoms with E-state index in [0.717, 1.165) is 18.4 Å². The van der Waals surface area contributed by atoms with Crippen molar-refractivity contribution in [3.8, 4) is 0 Å². The molecule has 3 rings (SSSR count). The van der Waals surface area contributed by atoms with E-state index in [1.165, 1.54) is 51.6 Å². The summed E-state index contributed by atoms with van der Waals surface area (Å²) in [6.45, 7) is 3.52. The van der Waals surface area contributed by atoms with Gasteiger partial charge in [0.25, 0.3) is 0 Å². The van der Waals surface area contributed by atoms with E-state index in [2.05, 4.69) is 33.0 Å². The molecule has 1 aliphatic heterocycles. The van der Waals surface area contributed by atoms with Crippen LogP contribution in [0.2, 0.25) is 0 Å². The Bertz CT molecular complexity index is 395. The minimum Gasteiger partial charge on any atom is -0.355 e. The van der Waals surface area contributed by atoms with Gasteiger partial charge in [0.2, 0.25) is 5.95 Å². The fourth-order valence-corrected chi connectivity index (χ4v) is 3.53. The zero-order chi connectivity index (χ0) is 13.1. The molecule has 2 fully saturated rings. The van der Waals surface area contributed by atoms with Gasteiger partial charge in [0.1, 0.15) is 0 Å². The highest BCUT2D eigenvalue weighted by Crippen LogP contribution is 2.30. The topological polar surface area (TPSA) is 33.1 Å². The van der Waals surface area contributed by atoms with Gasteiger partial charge < -0.3 is 14.8 Å². The maximum Gasteiger partial charge on any atom is 0.203 e. The fraction of sp³-hybridized carbons (Fsp3) is 0.800. The van der Waals surface area contributed by atoms with E-state index in [4.69, 9.17) is 0 Å². The first-order valence-corrected chi connectivity index (χ1v) is 7.78. The highest BCUT2D eigenvalue weighted by Gasteiger charge is 2.21. The molecular weight excluding hydrogens is 236 g/mol. The molecule has 1 atom stereocenters. The number of nitrogens with one attached hydrogen (secondary N) is 1. The molecule has 106 valence electrons. The van der Waals surface area contributed by atoms with Crippen LogP contribution in [0, 0.1) is 5.92 Å². The van der Waals surface area contributed by atoms with Crippen molar-refractivity contribution in [3.05, 3.63) is 12.4 Å². The van der Waals surface area contributed by atoms with Crippen LogP contribution < -0.4 is 5.32 Å². The van der Waals surface area contributed by atoms with Crippen LogP contribution in [0.1, 0.15) is 44.6 Å². The largest absolute Gasteiger partial charge is 0.355 e. The van der Waals surface area contributed by atoms with Gasteiger partial charge in [-0.15, -0.1) is 0 Å². The monoisotopic (exact) mass is 262 g/mol. The predicted octanol–water partition coefficient (Wildman–Crippen LogP) is 2.75. The van der Waals surface area contributed by atoms with Crippen LogP contribution in [0.4, 0.5) is 5.95 Å². The number of likely N-dealkylation sites (tertiary alicyclic amines) is 1. The molecule has 2 heterocycles. The third-order valence-electron chi connectivity index (χ3n) is 4.67. The molecule has 0 aromatic carbocycles. The molecule has 19 heavy (non-hydrogen) atoms. The minimum absolute atomic E-state index is 0.671. The molecule has 0 bridgehead atoms. The van der Waals surface area contributed by atoms with Crippen LogP contribution in [0.3, 0.4) is 0 Å².